The Morgan fingerprint density at radius 3 is 1.90 bits per heavy atom. The van der Waals surface area contributed by atoms with Crippen LogP contribution in [0.3, 0.4) is 0 Å². The highest BCUT2D eigenvalue weighted by Gasteiger charge is 2.12. The van der Waals surface area contributed by atoms with Gasteiger partial charge in [-0.15, -0.1) is 0 Å². The van der Waals surface area contributed by atoms with E-state index in [4.69, 9.17) is 5.73 Å². The molecule has 0 bridgehead atoms. The summed E-state index contributed by atoms with van der Waals surface area (Å²) in [5.74, 6) is 0. The molecule has 0 aliphatic heterocycles. The molecule has 0 heterocycles. The lowest BCUT2D eigenvalue weighted by molar-refractivity contribution is 0.532. The fraction of sp³-hybridized carbons (Fsp3) is 0.333. The van der Waals surface area contributed by atoms with Crippen LogP contribution in [-0.2, 0) is 5.54 Å². The number of hydrogen-bond donors (Lipinski definition) is 0. The average molecular weight is 134 g/mol. The summed E-state index contributed by atoms with van der Waals surface area (Å²) in [6.45, 7) is 3.78. The summed E-state index contributed by atoms with van der Waals surface area (Å²) >= 11 is 0. The quantitative estimate of drug-likeness (QED) is 0.562. The maximum atomic E-state index is 7.67. The van der Waals surface area contributed by atoms with Crippen molar-refractivity contribution in [3.63, 3.8) is 0 Å². The largest absolute Gasteiger partial charge is 0.247 e. The van der Waals surface area contributed by atoms with Gasteiger partial charge in [-0.3, -0.25) is 0 Å². The minimum Gasteiger partial charge on any atom is -0.247 e. The van der Waals surface area contributed by atoms with Crippen molar-refractivity contribution in [2.45, 2.75) is 19.4 Å². The summed E-state index contributed by atoms with van der Waals surface area (Å²) in [6.07, 6.45) is 0. The van der Waals surface area contributed by atoms with Crippen LogP contribution >= 0.6 is 0 Å². The summed E-state index contributed by atoms with van der Waals surface area (Å²) in [4.78, 5) is 0. The first kappa shape index (κ1) is 7.29. The van der Waals surface area contributed by atoms with E-state index in [1.54, 1.807) is 0 Å². The first-order valence-electron chi connectivity index (χ1n) is 3.41. The molecule has 1 rings (SSSR count). The zero-order valence-corrected chi connectivity index (χ0v) is 6.39. The predicted octanol–water partition coefficient (Wildman–Crippen LogP) is 2.20. The fourth-order valence-corrected chi connectivity index (χ4v) is 0.855. The van der Waals surface area contributed by atoms with Crippen LogP contribution < -0.4 is 5.73 Å². The highest BCUT2D eigenvalue weighted by molar-refractivity contribution is 5.21. The summed E-state index contributed by atoms with van der Waals surface area (Å²) in [6, 6.07) is 9.85. The second-order valence-corrected chi connectivity index (χ2v) is 2.99. The monoisotopic (exact) mass is 134 g/mol. The molecule has 0 aromatic heterocycles. The van der Waals surface area contributed by atoms with Gasteiger partial charge in [0.1, 0.15) is 0 Å². The molecule has 1 nitrogen and oxygen atoms in total. The molecule has 1 aromatic rings. The van der Waals surface area contributed by atoms with E-state index in [9.17, 15) is 0 Å². The Kier molecular flexibility index (Phi) is 1.77. The Labute approximate surface area is 61.9 Å². The third kappa shape index (κ3) is 1.58. The van der Waals surface area contributed by atoms with Gasteiger partial charge in [0.05, 0.1) is 5.54 Å². The van der Waals surface area contributed by atoms with Crippen LogP contribution in [0.4, 0.5) is 0 Å². The van der Waals surface area contributed by atoms with Crippen LogP contribution in [-0.4, -0.2) is 0 Å². The molecule has 1 N–H and O–H groups in total. The molecule has 0 fully saturated rings. The van der Waals surface area contributed by atoms with E-state index < -0.39 is 5.54 Å². The Balaban J connectivity index is 2.97. The van der Waals surface area contributed by atoms with E-state index >= 15 is 0 Å². The second-order valence-electron chi connectivity index (χ2n) is 2.99. The zero-order chi connectivity index (χ0) is 7.61. The van der Waals surface area contributed by atoms with Gasteiger partial charge in [-0.1, -0.05) is 30.3 Å². The topological polar surface area (TPSA) is 23.8 Å². The van der Waals surface area contributed by atoms with Crippen LogP contribution in [0.1, 0.15) is 19.4 Å². The average Bonchev–Trinajstić information content (AvgIpc) is 1.88. The van der Waals surface area contributed by atoms with Gasteiger partial charge in [0.2, 0.25) is 0 Å². The van der Waals surface area contributed by atoms with Gasteiger partial charge in [-0.2, -0.15) is 0 Å². The minimum absolute atomic E-state index is 0.457. The van der Waals surface area contributed by atoms with Crippen molar-refractivity contribution in [2.24, 2.45) is 0 Å². The molecule has 0 saturated carbocycles. The molecule has 0 aliphatic carbocycles. The van der Waals surface area contributed by atoms with Crippen LogP contribution in [0.15, 0.2) is 30.3 Å². The lowest BCUT2D eigenvalue weighted by Gasteiger charge is -2.16. The number of nitrogens with one attached hydrogen (secondary N) is 1. The Hall–Kier alpha value is -0.820. The highest BCUT2D eigenvalue weighted by Crippen LogP contribution is 2.16. The predicted molar refractivity (Wildman–Crippen MR) is 42.6 cm³/mol. The molecule has 1 aromatic carbocycles. The van der Waals surface area contributed by atoms with Gasteiger partial charge in [0.15, 0.2) is 0 Å². The molecule has 53 valence electrons. The van der Waals surface area contributed by atoms with Crippen molar-refractivity contribution in [1.82, 2.24) is 5.73 Å². The lowest BCUT2D eigenvalue weighted by Crippen LogP contribution is -2.17. The van der Waals surface area contributed by atoms with E-state index in [0.29, 0.717) is 0 Å². The van der Waals surface area contributed by atoms with E-state index in [1.165, 1.54) is 0 Å². The van der Waals surface area contributed by atoms with Crippen molar-refractivity contribution >= 4 is 0 Å². The van der Waals surface area contributed by atoms with Crippen LogP contribution in [0.5, 0.6) is 0 Å². The minimum atomic E-state index is -0.457. The fourth-order valence-electron chi connectivity index (χ4n) is 0.855. The first-order valence-corrected chi connectivity index (χ1v) is 3.41. The molecule has 0 spiro atoms. The number of rotatable bonds is 1. The molecule has 1 heteroatoms. The molecule has 0 atom stereocenters. The van der Waals surface area contributed by atoms with Crippen molar-refractivity contribution < 1.29 is 0 Å². The van der Waals surface area contributed by atoms with Gasteiger partial charge in [0.25, 0.3) is 0 Å². The molecular weight excluding hydrogens is 122 g/mol. The highest BCUT2D eigenvalue weighted by atomic mass is 14.7. The molecular formula is C9H12N. The summed E-state index contributed by atoms with van der Waals surface area (Å²) < 4.78 is 0. The molecule has 0 amide bonds. The van der Waals surface area contributed by atoms with Gasteiger partial charge in [0, 0.05) is 0 Å². The SMILES string of the molecule is CC(C)([NH])c1ccccc1. The smallest absolute Gasteiger partial charge is 0.0516 e. The van der Waals surface area contributed by atoms with E-state index in [1.807, 2.05) is 44.2 Å². The second kappa shape index (κ2) is 2.43. The molecule has 0 aliphatic rings. The van der Waals surface area contributed by atoms with E-state index in [-0.39, 0.29) is 0 Å². The molecule has 0 unspecified atom stereocenters. The standard InChI is InChI=1S/C9H12N/c1-9(2,10)8-6-4-3-5-7-8/h3-7,10H,1-2H3. The van der Waals surface area contributed by atoms with Gasteiger partial charge in [-0.25, -0.2) is 5.73 Å². The Bertz CT molecular complexity index is 196. The van der Waals surface area contributed by atoms with Crippen molar-refractivity contribution in [1.29, 1.82) is 0 Å². The van der Waals surface area contributed by atoms with E-state index in [2.05, 4.69) is 0 Å². The summed E-state index contributed by atoms with van der Waals surface area (Å²) in [5.41, 5.74) is 8.28. The third-order valence-electron chi connectivity index (χ3n) is 1.50. The Morgan fingerprint density at radius 1 is 1.10 bits per heavy atom. The summed E-state index contributed by atoms with van der Waals surface area (Å²) in [7, 11) is 0. The maximum absolute atomic E-state index is 7.67. The maximum Gasteiger partial charge on any atom is 0.0516 e. The molecule has 10 heavy (non-hydrogen) atoms. The first-order chi connectivity index (χ1) is 4.61. The van der Waals surface area contributed by atoms with Gasteiger partial charge >= 0.3 is 0 Å². The van der Waals surface area contributed by atoms with Crippen molar-refractivity contribution in [3.8, 4) is 0 Å². The zero-order valence-electron chi connectivity index (χ0n) is 6.39. The lowest BCUT2D eigenvalue weighted by atomic mass is 9.96. The van der Waals surface area contributed by atoms with Crippen LogP contribution in [0, 0.1) is 0 Å². The number of hydrogen-bond acceptors (Lipinski definition) is 0. The molecule has 0 saturated heterocycles. The molecule has 1 radical (unpaired) electrons. The van der Waals surface area contributed by atoms with Crippen molar-refractivity contribution in [2.75, 3.05) is 0 Å². The van der Waals surface area contributed by atoms with Gasteiger partial charge in [-0.05, 0) is 19.4 Å². The van der Waals surface area contributed by atoms with E-state index in [0.717, 1.165) is 5.56 Å². The third-order valence-corrected chi connectivity index (χ3v) is 1.50. The van der Waals surface area contributed by atoms with Crippen molar-refractivity contribution in [3.05, 3.63) is 35.9 Å². The Morgan fingerprint density at radius 2 is 1.60 bits per heavy atom. The van der Waals surface area contributed by atoms with Crippen LogP contribution in [0.25, 0.3) is 0 Å². The van der Waals surface area contributed by atoms with Gasteiger partial charge < -0.3 is 0 Å². The normalized spacial score (nSPS) is 11.5. The summed E-state index contributed by atoms with van der Waals surface area (Å²) in [5, 5.41) is 0. The number of benzene rings is 1. The van der Waals surface area contributed by atoms with Crippen LogP contribution in [0.2, 0.25) is 0 Å².